The van der Waals surface area contributed by atoms with E-state index in [1.165, 1.54) is 6.92 Å². The van der Waals surface area contributed by atoms with E-state index < -0.39 is 5.91 Å². The van der Waals surface area contributed by atoms with Crippen LogP contribution >= 0.6 is 0 Å². The summed E-state index contributed by atoms with van der Waals surface area (Å²) in [6, 6.07) is 6.74. The molecule has 1 radical (unpaired) electrons. The maximum absolute atomic E-state index is 11.5. The average Bonchev–Trinajstić information content (AvgIpc) is 2.31. The van der Waals surface area contributed by atoms with Gasteiger partial charge < -0.3 is 5.73 Å². The van der Waals surface area contributed by atoms with E-state index in [4.69, 9.17) is 5.73 Å². The molecule has 2 amide bonds. The second-order valence-electron chi connectivity index (χ2n) is 3.57. The van der Waals surface area contributed by atoms with E-state index >= 15 is 0 Å². The monoisotopic (exact) mass is 235 g/mol. The average molecular weight is 235 g/mol. The standard InChI is InChI=1S/C12H15N2O3/c1-9(16)14(12(17)8-13)11-4-2-10(3-5-11)6-7-15/h2-5H,6-8,13H2,1H3. The van der Waals surface area contributed by atoms with Crippen molar-refractivity contribution in [2.45, 2.75) is 13.3 Å². The number of hydrogen-bond donors (Lipinski definition) is 1. The Morgan fingerprint density at radius 3 is 2.24 bits per heavy atom. The third-order valence-corrected chi connectivity index (χ3v) is 2.32. The van der Waals surface area contributed by atoms with Crippen LogP contribution in [-0.4, -0.2) is 25.0 Å². The van der Waals surface area contributed by atoms with Gasteiger partial charge in [-0.25, -0.2) is 10.0 Å². The van der Waals surface area contributed by atoms with Crippen LogP contribution in [0.4, 0.5) is 5.69 Å². The Morgan fingerprint density at radius 2 is 1.82 bits per heavy atom. The van der Waals surface area contributed by atoms with Crippen molar-refractivity contribution < 1.29 is 14.7 Å². The number of carbonyl (C=O) groups excluding carboxylic acids is 2. The molecule has 5 nitrogen and oxygen atoms in total. The Kier molecular flexibility index (Phi) is 4.81. The molecule has 0 spiro atoms. The largest absolute Gasteiger partial charge is 0.322 e. The summed E-state index contributed by atoms with van der Waals surface area (Å²) < 4.78 is 0. The summed E-state index contributed by atoms with van der Waals surface area (Å²) in [5, 5.41) is 10.4. The minimum atomic E-state index is -0.450. The number of nitrogens with two attached hydrogens (primary N) is 1. The lowest BCUT2D eigenvalue weighted by Gasteiger charge is -2.18. The summed E-state index contributed by atoms with van der Waals surface area (Å²) in [6.45, 7) is 0.901. The highest BCUT2D eigenvalue weighted by molar-refractivity contribution is 6.14. The Bertz CT molecular complexity index is 401. The summed E-state index contributed by atoms with van der Waals surface area (Å²) in [5.41, 5.74) is 6.60. The van der Waals surface area contributed by atoms with Gasteiger partial charge in [0.1, 0.15) is 0 Å². The van der Waals surface area contributed by atoms with Gasteiger partial charge in [0, 0.05) is 6.92 Å². The van der Waals surface area contributed by atoms with Crippen LogP contribution in [0.5, 0.6) is 0 Å². The number of amides is 2. The van der Waals surface area contributed by atoms with Gasteiger partial charge in [-0.3, -0.25) is 9.59 Å². The summed E-state index contributed by atoms with van der Waals surface area (Å²) in [6.07, 6.45) is 0.436. The first-order chi connectivity index (χ1) is 8.10. The molecule has 0 aliphatic carbocycles. The van der Waals surface area contributed by atoms with Gasteiger partial charge in [-0.2, -0.15) is 0 Å². The zero-order chi connectivity index (χ0) is 12.8. The fraction of sp³-hybridized carbons (Fsp3) is 0.333. The molecule has 0 heterocycles. The van der Waals surface area contributed by atoms with Crippen molar-refractivity contribution in [1.82, 2.24) is 0 Å². The fourth-order valence-corrected chi connectivity index (χ4v) is 1.52. The minimum Gasteiger partial charge on any atom is -0.322 e. The Hall–Kier alpha value is -1.72. The maximum atomic E-state index is 11.5. The number of nitrogens with zero attached hydrogens (tertiary/aromatic N) is 1. The lowest BCUT2D eigenvalue weighted by atomic mass is 10.1. The van der Waals surface area contributed by atoms with Gasteiger partial charge in [-0.05, 0) is 24.1 Å². The Morgan fingerprint density at radius 1 is 1.24 bits per heavy atom. The van der Waals surface area contributed by atoms with E-state index in [1.807, 2.05) is 0 Å². The lowest BCUT2D eigenvalue weighted by molar-refractivity contribution is -0.124. The molecule has 0 aliphatic heterocycles. The van der Waals surface area contributed by atoms with Crippen LogP contribution in [-0.2, 0) is 21.1 Å². The number of anilines is 1. The van der Waals surface area contributed by atoms with E-state index in [2.05, 4.69) is 0 Å². The first-order valence-electron chi connectivity index (χ1n) is 5.30. The molecule has 1 aromatic rings. The zero-order valence-electron chi connectivity index (χ0n) is 9.68. The molecule has 0 unspecified atom stereocenters. The van der Waals surface area contributed by atoms with Crippen molar-refractivity contribution >= 4 is 17.5 Å². The van der Waals surface area contributed by atoms with E-state index in [9.17, 15) is 14.7 Å². The molecule has 0 fully saturated rings. The molecule has 2 N–H and O–H groups in total. The highest BCUT2D eigenvalue weighted by Gasteiger charge is 2.18. The van der Waals surface area contributed by atoms with E-state index in [1.54, 1.807) is 24.3 Å². The molecule has 0 aliphatic rings. The maximum Gasteiger partial charge on any atom is 0.247 e. The quantitative estimate of drug-likeness (QED) is 0.824. The van der Waals surface area contributed by atoms with Crippen LogP contribution in [0.1, 0.15) is 12.5 Å². The molecule has 5 heteroatoms. The Labute approximate surface area is 99.8 Å². The number of rotatable bonds is 4. The van der Waals surface area contributed by atoms with Gasteiger partial charge in [-0.15, -0.1) is 0 Å². The first kappa shape index (κ1) is 13.3. The summed E-state index contributed by atoms with van der Waals surface area (Å²) in [7, 11) is 0. The zero-order valence-corrected chi connectivity index (χ0v) is 9.68. The first-order valence-corrected chi connectivity index (χ1v) is 5.30. The van der Waals surface area contributed by atoms with Crippen LogP contribution in [0.15, 0.2) is 24.3 Å². The van der Waals surface area contributed by atoms with Gasteiger partial charge in [-0.1, -0.05) is 12.1 Å². The van der Waals surface area contributed by atoms with Crippen molar-refractivity contribution in [3.8, 4) is 0 Å². The third-order valence-electron chi connectivity index (χ3n) is 2.32. The molecule has 0 atom stereocenters. The molecule has 17 heavy (non-hydrogen) atoms. The number of carbonyl (C=O) groups is 2. The second kappa shape index (κ2) is 6.12. The predicted molar refractivity (Wildman–Crippen MR) is 62.9 cm³/mol. The van der Waals surface area contributed by atoms with Crippen molar-refractivity contribution in [2.24, 2.45) is 5.73 Å². The molecular formula is C12H15N2O3. The second-order valence-corrected chi connectivity index (χ2v) is 3.57. The van der Waals surface area contributed by atoms with Crippen molar-refractivity contribution in [3.63, 3.8) is 0 Å². The fourth-order valence-electron chi connectivity index (χ4n) is 1.52. The van der Waals surface area contributed by atoms with Crippen molar-refractivity contribution in [1.29, 1.82) is 0 Å². The predicted octanol–water partition coefficient (Wildman–Crippen LogP) is 0.498. The van der Waals surface area contributed by atoms with E-state index in [0.29, 0.717) is 12.1 Å². The highest BCUT2D eigenvalue weighted by atomic mass is 16.3. The molecule has 1 rings (SSSR count). The van der Waals surface area contributed by atoms with Crippen molar-refractivity contribution in [2.75, 3.05) is 18.1 Å². The molecule has 0 saturated heterocycles. The smallest absolute Gasteiger partial charge is 0.247 e. The van der Waals surface area contributed by atoms with E-state index in [-0.39, 0.29) is 19.1 Å². The van der Waals surface area contributed by atoms with Gasteiger partial charge in [0.25, 0.3) is 0 Å². The summed E-state index contributed by atoms with van der Waals surface area (Å²) >= 11 is 0. The molecular weight excluding hydrogens is 220 g/mol. The summed E-state index contributed by atoms with van der Waals surface area (Å²) in [5.74, 6) is -0.828. The minimum absolute atomic E-state index is 0.183. The number of imide groups is 1. The molecule has 0 saturated carbocycles. The van der Waals surface area contributed by atoms with Crippen LogP contribution in [0.25, 0.3) is 0 Å². The lowest BCUT2D eigenvalue weighted by Crippen LogP contribution is -2.39. The van der Waals surface area contributed by atoms with Crippen LogP contribution in [0.3, 0.4) is 0 Å². The number of hydrogen-bond acceptors (Lipinski definition) is 3. The SMILES string of the molecule is CC(=O)N(C(=O)CN)c1ccc(CC[O])cc1. The van der Waals surface area contributed by atoms with Gasteiger partial charge >= 0.3 is 0 Å². The van der Waals surface area contributed by atoms with Crippen LogP contribution in [0.2, 0.25) is 0 Å². The Balaban J connectivity index is 2.95. The number of benzene rings is 1. The van der Waals surface area contributed by atoms with Gasteiger partial charge in [0.15, 0.2) is 0 Å². The molecule has 1 aromatic carbocycles. The van der Waals surface area contributed by atoms with Crippen LogP contribution in [0, 0.1) is 0 Å². The topological polar surface area (TPSA) is 83.3 Å². The van der Waals surface area contributed by atoms with E-state index in [0.717, 1.165) is 10.5 Å². The third kappa shape index (κ3) is 3.37. The highest BCUT2D eigenvalue weighted by Crippen LogP contribution is 2.16. The summed E-state index contributed by atoms with van der Waals surface area (Å²) in [4.78, 5) is 23.9. The van der Waals surface area contributed by atoms with Crippen LogP contribution < -0.4 is 10.6 Å². The molecule has 91 valence electrons. The normalized spacial score (nSPS) is 10.1. The van der Waals surface area contributed by atoms with Gasteiger partial charge in [0.05, 0.1) is 18.8 Å². The molecule has 0 bridgehead atoms. The van der Waals surface area contributed by atoms with Gasteiger partial charge in [0.2, 0.25) is 11.8 Å². The molecule has 0 aromatic heterocycles. The van der Waals surface area contributed by atoms with Crippen molar-refractivity contribution in [3.05, 3.63) is 29.8 Å².